The summed E-state index contributed by atoms with van der Waals surface area (Å²) in [4.78, 5) is 0. The van der Waals surface area contributed by atoms with Gasteiger partial charge in [-0.15, -0.1) is 5.10 Å². The topological polar surface area (TPSA) is 64.9 Å². The first-order chi connectivity index (χ1) is 8.33. The first-order valence-electron chi connectivity index (χ1n) is 5.36. The van der Waals surface area contributed by atoms with Gasteiger partial charge in [0.25, 0.3) is 0 Å². The fourth-order valence-electron chi connectivity index (χ4n) is 1.49. The van der Waals surface area contributed by atoms with Crippen LogP contribution in [0.5, 0.6) is 0 Å². The molecule has 1 atom stereocenters. The van der Waals surface area contributed by atoms with Crippen LogP contribution in [-0.4, -0.2) is 40.5 Å². The Labute approximate surface area is 104 Å². The Bertz CT molecular complexity index is 441. The van der Waals surface area contributed by atoms with Gasteiger partial charge in [0.2, 0.25) is 0 Å². The van der Waals surface area contributed by atoms with Crippen LogP contribution in [0.25, 0.3) is 5.69 Å². The van der Waals surface area contributed by atoms with Gasteiger partial charge in [0, 0.05) is 19.0 Å². The highest BCUT2D eigenvalue weighted by Gasteiger charge is 2.15. The van der Waals surface area contributed by atoms with Crippen molar-refractivity contribution in [2.45, 2.75) is 13.0 Å². The van der Waals surface area contributed by atoms with Crippen molar-refractivity contribution >= 4 is 11.3 Å². The van der Waals surface area contributed by atoms with Crippen molar-refractivity contribution in [1.82, 2.24) is 25.5 Å². The summed E-state index contributed by atoms with van der Waals surface area (Å²) in [5, 5.41) is 19.1. The quantitative estimate of drug-likeness (QED) is 0.779. The number of aromatic nitrogens is 4. The molecule has 0 aliphatic rings. The molecule has 0 aliphatic heterocycles. The van der Waals surface area contributed by atoms with Gasteiger partial charge in [-0.05, 0) is 28.8 Å². The Morgan fingerprint density at radius 1 is 1.59 bits per heavy atom. The molecule has 17 heavy (non-hydrogen) atoms. The molecule has 0 saturated heterocycles. The zero-order valence-electron chi connectivity index (χ0n) is 9.83. The maximum absolute atomic E-state index is 4.99. The van der Waals surface area contributed by atoms with Crippen LogP contribution in [0.15, 0.2) is 16.8 Å². The zero-order valence-corrected chi connectivity index (χ0v) is 10.6. The van der Waals surface area contributed by atoms with E-state index in [4.69, 9.17) is 4.74 Å². The zero-order chi connectivity index (χ0) is 12.1. The summed E-state index contributed by atoms with van der Waals surface area (Å²) in [7, 11) is 1.68. The molecule has 92 valence electrons. The number of nitrogens with one attached hydrogen (secondary N) is 1. The molecule has 0 bridgehead atoms. The van der Waals surface area contributed by atoms with Crippen molar-refractivity contribution < 1.29 is 4.74 Å². The number of methoxy groups -OCH3 is 1. The third-order valence-corrected chi connectivity index (χ3v) is 3.06. The van der Waals surface area contributed by atoms with Gasteiger partial charge in [0.15, 0.2) is 5.82 Å². The number of hydrogen-bond donors (Lipinski definition) is 1. The molecule has 6 nitrogen and oxygen atoms in total. The minimum absolute atomic E-state index is 0.0834. The molecule has 0 aliphatic carbocycles. The molecule has 0 aromatic carbocycles. The van der Waals surface area contributed by atoms with Crippen LogP contribution < -0.4 is 5.32 Å². The second-order valence-corrected chi connectivity index (χ2v) is 4.38. The number of tetrazole rings is 1. The van der Waals surface area contributed by atoms with Gasteiger partial charge in [-0.2, -0.15) is 16.0 Å². The molecule has 0 amide bonds. The van der Waals surface area contributed by atoms with E-state index in [1.54, 1.807) is 23.1 Å². The maximum atomic E-state index is 4.99. The van der Waals surface area contributed by atoms with Crippen molar-refractivity contribution in [3.8, 4) is 5.69 Å². The molecule has 1 unspecified atom stereocenters. The summed E-state index contributed by atoms with van der Waals surface area (Å²) in [6.45, 7) is 3.47. The normalized spacial score (nSPS) is 12.8. The van der Waals surface area contributed by atoms with Gasteiger partial charge in [0.05, 0.1) is 18.3 Å². The fraction of sp³-hybridized carbons (Fsp3) is 0.500. The third-order valence-electron chi connectivity index (χ3n) is 2.39. The largest absolute Gasteiger partial charge is 0.383 e. The van der Waals surface area contributed by atoms with Gasteiger partial charge >= 0.3 is 0 Å². The van der Waals surface area contributed by atoms with Gasteiger partial charge in [-0.1, -0.05) is 0 Å². The van der Waals surface area contributed by atoms with Crippen molar-refractivity contribution in [1.29, 1.82) is 0 Å². The summed E-state index contributed by atoms with van der Waals surface area (Å²) in [6.07, 6.45) is 0. The molecule has 2 heterocycles. The highest BCUT2D eigenvalue weighted by molar-refractivity contribution is 7.08. The molecule has 0 fully saturated rings. The van der Waals surface area contributed by atoms with Crippen molar-refractivity contribution in [2.75, 3.05) is 20.3 Å². The van der Waals surface area contributed by atoms with Gasteiger partial charge in [-0.25, -0.2) is 0 Å². The third kappa shape index (κ3) is 2.87. The molecule has 1 N–H and O–H groups in total. The van der Waals surface area contributed by atoms with E-state index in [1.807, 2.05) is 23.8 Å². The Morgan fingerprint density at radius 3 is 3.18 bits per heavy atom. The fourth-order valence-corrected chi connectivity index (χ4v) is 2.11. The summed E-state index contributed by atoms with van der Waals surface area (Å²) in [5.74, 6) is 0.805. The number of ether oxygens (including phenoxy) is 1. The molecular formula is C10H15N5OS. The number of thiophene rings is 1. The van der Waals surface area contributed by atoms with Gasteiger partial charge in [-0.3, -0.25) is 0 Å². The highest BCUT2D eigenvalue weighted by Crippen LogP contribution is 2.15. The Morgan fingerprint density at radius 2 is 2.47 bits per heavy atom. The average molecular weight is 253 g/mol. The predicted molar refractivity (Wildman–Crippen MR) is 65.3 cm³/mol. The Kier molecular flexibility index (Phi) is 4.18. The van der Waals surface area contributed by atoms with Gasteiger partial charge in [0.1, 0.15) is 0 Å². The summed E-state index contributed by atoms with van der Waals surface area (Å²) < 4.78 is 6.74. The van der Waals surface area contributed by atoms with E-state index in [1.165, 1.54) is 0 Å². The Hall–Kier alpha value is -1.31. The van der Waals surface area contributed by atoms with Crippen LogP contribution in [0.2, 0.25) is 0 Å². The second-order valence-electron chi connectivity index (χ2n) is 3.60. The van der Waals surface area contributed by atoms with E-state index in [0.29, 0.717) is 6.61 Å². The van der Waals surface area contributed by atoms with E-state index in [0.717, 1.165) is 18.1 Å². The van der Waals surface area contributed by atoms with Crippen molar-refractivity contribution in [2.24, 2.45) is 0 Å². The summed E-state index contributed by atoms with van der Waals surface area (Å²) >= 11 is 1.62. The van der Waals surface area contributed by atoms with Crippen molar-refractivity contribution in [3.63, 3.8) is 0 Å². The van der Waals surface area contributed by atoms with Crippen molar-refractivity contribution in [3.05, 3.63) is 22.7 Å². The van der Waals surface area contributed by atoms with Gasteiger partial charge < -0.3 is 10.1 Å². The molecule has 7 heteroatoms. The monoisotopic (exact) mass is 253 g/mol. The molecule has 2 aromatic heterocycles. The predicted octanol–water partition coefficient (Wildman–Crippen LogP) is 1.02. The van der Waals surface area contributed by atoms with Crippen LogP contribution >= 0.6 is 11.3 Å². The van der Waals surface area contributed by atoms with Crippen LogP contribution in [-0.2, 0) is 4.74 Å². The van der Waals surface area contributed by atoms with E-state index >= 15 is 0 Å². The molecular weight excluding hydrogens is 238 g/mol. The first kappa shape index (κ1) is 12.2. The smallest absolute Gasteiger partial charge is 0.173 e. The minimum Gasteiger partial charge on any atom is -0.383 e. The van der Waals surface area contributed by atoms with E-state index in [-0.39, 0.29) is 6.04 Å². The lowest BCUT2D eigenvalue weighted by molar-refractivity contribution is 0.196. The highest BCUT2D eigenvalue weighted by atomic mass is 32.1. The lowest BCUT2D eigenvalue weighted by atomic mass is 10.3. The summed E-state index contributed by atoms with van der Waals surface area (Å²) in [6, 6.07) is 2.08. The number of rotatable bonds is 6. The minimum atomic E-state index is 0.0834. The number of hydrogen-bond acceptors (Lipinski definition) is 6. The number of nitrogens with zero attached hydrogens (tertiary/aromatic N) is 4. The Balaban J connectivity index is 2.08. The molecule has 0 saturated carbocycles. The first-order valence-corrected chi connectivity index (χ1v) is 6.30. The van der Waals surface area contributed by atoms with Crippen LogP contribution in [0.1, 0.15) is 18.8 Å². The van der Waals surface area contributed by atoms with Crippen LogP contribution in [0.3, 0.4) is 0 Å². The standard InChI is InChI=1S/C10H15N5OS/c1-8(11-4-5-16-2)10-12-13-14-15(10)9-3-6-17-7-9/h3,6-8,11H,4-5H2,1-2H3. The maximum Gasteiger partial charge on any atom is 0.173 e. The second kappa shape index (κ2) is 5.85. The van der Waals surface area contributed by atoms with E-state index in [9.17, 15) is 0 Å². The van der Waals surface area contributed by atoms with Crippen LogP contribution in [0.4, 0.5) is 0 Å². The van der Waals surface area contributed by atoms with E-state index < -0.39 is 0 Å². The molecule has 2 rings (SSSR count). The molecule has 0 radical (unpaired) electrons. The van der Waals surface area contributed by atoms with E-state index in [2.05, 4.69) is 20.8 Å². The summed E-state index contributed by atoms with van der Waals surface area (Å²) in [5.41, 5.74) is 0.996. The van der Waals surface area contributed by atoms with Crippen LogP contribution in [0, 0.1) is 0 Å². The average Bonchev–Trinajstić information content (AvgIpc) is 2.99. The molecule has 0 spiro atoms. The molecule has 2 aromatic rings. The SMILES string of the molecule is COCCNC(C)c1nnnn1-c1ccsc1. The lowest BCUT2D eigenvalue weighted by Gasteiger charge is -2.12. The lowest BCUT2D eigenvalue weighted by Crippen LogP contribution is -2.25.